The zero-order valence-corrected chi connectivity index (χ0v) is 17.9. The Morgan fingerprint density at radius 2 is 1.70 bits per heavy atom. The zero-order valence-electron chi connectivity index (χ0n) is 17.9. The van der Waals surface area contributed by atoms with Gasteiger partial charge < -0.3 is 10.2 Å². The summed E-state index contributed by atoms with van der Waals surface area (Å²) >= 11 is 0. The Morgan fingerprint density at radius 1 is 1.03 bits per heavy atom. The summed E-state index contributed by atoms with van der Waals surface area (Å²) in [6.07, 6.45) is 3.33. The van der Waals surface area contributed by atoms with Crippen molar-refractivity contribution < 1.29 is 14.0 Å². The molecule has 1 fully saturated rings. The highest BCUT2D eigenvalue weighted by Gasteiger charge is 2.41. The van der Waals surface area contributed by atoms with Crippen LogP contribution >= 0.6 is 0 Å². The summed E-state index contributed by atoms with van der Waals surface area (Å²) in [6, 6.07) is 14.5. The van der Waals surface area contributed by atoms with E-state index < -0.39 is 5.41 Å². The van der Waals surface area contributed by atoms with E-state index in [-0.39, 0.29) is 17.6 Å². The summed E-state index contributed by atoms with van der Waals surface area (Å²) in [5, 5.41) is 3.00. The number of nitrogens with one attached hydrogen (secondary N) is 1. The van der Waals surface area contributed by atoms with Crippen molar-refractivity contribution in [3.05, 3.63) is 59.9 Å². The Morgan fingerprint density at radius 3 is 2.30 bits per heavy atom. The lowest BCUT2D eigenvalue weighted by Crippen LogP contribution is -2.51. The minimum Gasteiger partial charge on any atom is -0.356 e. The van der Waals surface area contributed by atoms with Gasteiger partial charge in [0.1, 0.15) is 5.82 Å². The highest BCUT2D eigenvalue weighted by Crippen LogP contribution is 2.36. The van der Waals surface area contributed by atoms with Gasteiger partial charge in [0.15, 0.2) is 0 Å². The predicted octanol–water partition coefficient (Wildman–Crippen LogP) is 4.58. The number of hydrogen-bond acceptors (Lipinski definition) is 2. The Kier molecular flexibility index (Phi) is 7.24. The van der Waals surface area contributed by atoms with E-state index in [2.05, 4.69) is 5.32 Å². The van der Waals surface area contributed by atoms with Crippen molar-refractivity contribution in [2.75, 3.05) is 19.6 Å². The SMILES string of the molecule is CCCC(=O)N1CCC(Cc2ccc(-c3ccccc3F)cc2)(C(=O)NCC)CC1. The highest BCUT2D eigenvalue weighted by molar-refractivity contribution is 5.84. The summed E-state index contributed by atoms with van der Waals surface area (Å²) < 4.78 is 14.1. The van der Waals surface area contributed by atoms with Gasteiger partial charge in [-0.3, -0.25) is 9.59 Å². The normalized spacial score (nSPS) is 15.6. The van der Waals surface area contributed by atoms with Crippen LogP contribution in [0.5, 0.6) is 0 Å². The van der Waals surface area contributed by atoms with E-state index in [1.807, 2.05) is 49.1 Å². The number of piperidine rings is 1. The summed E-state index contributed by atoms with van der Waals surface area (Å²) in [5.41, 5.74) is 1.93. The minimum absolute atomic E-state index is 0.0609. The van der Waals surface area contributed by atoms with E-state index >= 15 is 0 Å². The molecule has 0 spiro atoms. The molecule has 160 valence electrons. The predicted molar refractivity (Wildman–Crippen MR) is 117 cm³/mol. The fourth-order valence-electron chi connectivity index (χ4n) is 4.28. The third-order valence-corrected chi connectivity index (χ3v) is 6.04. The number of halogens is 1. The van der Waals surface area contributed by atoms with Crippen molar-refractivity contribution in [2.45, 2.75) is 46.0 Å². The van der Waals surface area contributed by atoms with E-state index in [0.717, 1.165) is 17.5 Å². The van der Waals surface area contributed by atoms with Gasteiger partial charge >= 0.3 is 0 Å². The molecule has 0 bridgehead atoms. The molecule has 2 aromatic carbocycles. The number of carbonyl (C=O) groups excluding carboxylic acids is 2. The van der Waals surface area contributed by atoms with Gasteiger partial charge in [-0.1, -0.05) is 49.4 Å². The van der Waals surface area contributed by atoms with Crippen LogP contribution in [0.4, 0.5) is 4.39 Å². The average molecular weight is 411 g/mol. The van der Waals surface area contributed by atoms with Crippen molar-refractivity contribution in [1.29, 1.82) is 0 Å². The Bertz CT molecular complexity index is 871. The smallest absolute Gasteiger partial charge is 0.226 e. The second-order valence-electron chi connectivity index (χ2n) is 8.12. The van der Waals surface area contributed by atoms with Crippen LogP contribution in [0, 0.1) is 11.2 Å². The molecule has 2 amide bonds. The van der Waals surface area contributed by atoms with Crippen molar-refractivity contribution in [2.24, 2.45) is 5.41 Å². The molecule has 0 aliphatic carbocycles. The van der Waals surface area contributed by atoms with E-state index in [1.54, 1.807) is 12.1 Å². The van der Waals surface area contributed by atoms with Gasteiger partial charge in [-0.05, 0) is 49.8 Å². The van der Waals surface area contributed by atoms with E-state index in [4.69, 9.17) is 0 Å². The lowest BCUT2D eigenvalue weighted by molar-refractivity contribution is -0.140. The first-order valence-electron chi connectivity index (χ1n) is 10.9. The summed E-state index contributed by atoms with van der Waals surface area (Å²) in [7, 11) is 0. The third-order valence-electron chi connectivity index (χ3n) is 6.04. The monoisotopic (exact) mass is 410 g/mol. The van der Waals surface area contributed by atoms with Crippen LogP contribution in [0.1, 0.15) is 45.1 Å². The maximum Gasteiger partial charge on any atom is 0.226 e. The van der Waals surface area contributed by atoms with Gasteiger partial charge in [-0.15, -0.1) is 0 Å². The lowest BCUT2D eigenvalue weighted by atomic mass is 9.72. The molecule has 1 saturated heterocycles. The number of likely N-dealkylation sites (tertiary alicyclic amines) is 1. The molecule has 0 radical (unpaired) electrons. The van der Waals surface area contributed by atoms with Crippen LogP contribution in [0.2, 0.25) is 0 Å². The number of nitrogens with zero attached hydrogens (tertiary/aromatic N) is 1. The molecule has 1 heterocycles. The van der Waals surface area contributed by atoms with Crippen molar-refractivity contribution >= 4 is 11.8 Å². The molecule has 30 heavy (non-hydrogen) atoms. The van der Waals surface area contributed by atoms with Crippen LogP contribution in [0.15, 0.2) is 48.5 Å². The molecule has 5 heteroatoms. The molecule has 0 unspecified atom stereocenters. The van der Waals surface area contributed by atoms with Crippen LogP contribution in [0.3, 0.4) is 0 Å². The van der Waals surface area contributed by atoms with Gasteiger partial charge in [0.25, 0.3) is 0 Å². The fraction of sp³-hybridized carbons (Fsp3) is 0.440. The first kappa shape index (κ1) is 22.0. The van der Waals surface area contributed by atoms with E-state index in [1.165, 1.54) is 6.07 Å². The summed E-state index contributed by atoms with van der Waals surface area (Å²) in [6.45, 7) is 5.75. The standard InChI is InChI=1S/C25H31FN2O2/c1-3-7-23(29)28-16-14-25(15-17-28,24(30)27-4-2)18-19-10-12-20(13-11-19)21-8-5-6-9-22(21)26/h5-6,8-13H,3-4,7,14-18H2,1-2H3,(H,27,30). The Labute approximate surface area is 178 Å². The minimum atomic E-state index is -0.515. The van der Waals surface area contributed by atoms with Gasteiger partial charge in [-0.2, -0.15) is 0 Å². The quantitative estimate of drug-likeness (QED) is 0.726. The average Bonchev–Trinajstić information content (AvgIpc) is 2.75. The van der Waals surface area contributed by atoms with Crippen molar-refractivity contribution in [3.63, 3.8) is 0 Å². The van der Waals surface area contributed by atoms with E-state index in [9.17, 15) is 14.0 Å². The largest absolute Gasteiger partial charge is 0.356 e. The number of carbonyl (C=O) groups is 2. The molecule has 1 aliphatic rings. The van der Waals surface area contributed by atoms with Gasteiger partial charge in [0.2, 0.25) is 11.8 Å². The molecule has 1 N–H and O–H groups in total. The molecule has 1 aliphatic heterocycles. The topological polar surface area (TPSA) is 49.4 Å². The number of rotatable bonds is 7. The molecule has 0 saturated carbocycles. The van der Waals surface area contributed by atoms with Gasteiger partial charge in [0, 0.05) is 31.6 Å². The van der Waals surface area contributed by atoms with Gasteiger partial charge in [0.05, 0.1) is 5.41 Å². The van der Waals surface area contributed by atoms with Crippen molar-refractivity contribution in [3.8, 4) is 11.1 Å². The molecule has 2 aromatic rings. The fourth-order valence-corrected chi connectivity index (χ4v) is 4.28. The number of amides is 2. The summed E-state index contributed by atoms with van der Waals surface area (Å²) in [5.74, 6) is -0.00447. The first-order chi connectivity index (χ1) is 14.5. The van der Waals surface area contributed by atoms with Gasteiger partial charge in [-0.25, -0.2) is 4.39 Å². The third kappa shape index (κ3) is 4.89. The lowest BCUT2D eigenvalue weighted by Gasteiger charge is -2.41. The van der Waals surface area contributed by atoms with E-state index in [0.29, 0.717) is 50.9 Å². The molecule has 0 atom stereocenters. The summed E-state index contributed by atoms with van der Waals surface area (Å²) in [4.78, 5) is 27.1. The van der Waals surface area contributed by atoms with Crippen LogP contribution in [0.25, 0.3) is 11.1 Å². The molecule has 4 nitrogen and oxygen atoms in total. The van der Waals surface area contributed by atoms with Crippen molar-refractivity contribution in [1.82, 2.24) is 10.2 Å². The number of benzene rings is 2. The molecule has 0 aromatic heterocycles. The highest BCUT2D eigenvalue weighted by atomic mass is 19.1. The second-order valence-corrected chi connectivity index (χ2v) is 8.12. The van der Waals surface area contributed by atoms with Crippen LogP contribution < -0.4 is 5.32 Å². The zero-order chi connectivity index (χ0) is 21.6. The maximum atomic E-state index is 14.1. The first-order valence-corrected chi connectivity index (χ1v) is 10.9. The Balaban J connectivity index is 1.77. The maximum absolute atomic E-state index is 14.1. The molecule has 3 rings (SSSR count). The van der Waals surface area contributed by atoms with Crippen LogP contribution in [-0.2, 0) is 16.0 Å². The second kappa shape index (κ2) is 9.88. The van der Waals surface area contributed by atoms with Crippen LogP contribution in [-0.4, -0.2) is 36.3 Å². The molecular weight excluding hydrogens is 379 g/mol. The molecular formula is C25H31FN2O2. The number of hydrogen-bond donors (Lipinski definition) is 1. The Hall–Kier alpha value is -2.69.